The van der Waals surface area contributed by atoms with E-state index in [-0.39, 0.29) is 29.4 Å². The van der Waals surface area contributed by atoms with Gasteiger partial charge in [-0.3, -0.25) is 9.59 Å². The van der Waals surface area contributed by atoms with Crippen LogP contribution in [-0.2, 0) is 9.63 Å². The maximum atomic E-state index is 12.2. The van der Waals surface area contributed by atoms with Crippen LogP contribution in [0, 0.1) is 5.92 Å². The Morgan fingerprint density at radius 2 is 1.65 bits per heavy atom. The minimum Gasteiger partial charge on any atom is -0.497 e. The number of imide groups is 1. The summed E-state index contributed by atoms with van der Waals surface area (Å²) >= 11 is 0. The highest BCUT2D eigenvalue weighted by molar-refractivity contribution is 6.20. The molecule has 132 valence electrons. The van der Waals surface area contributed by atoms with Crippen molar-refractivity contribution in [2.24, 2.45) is 5.92 Å². The number of ether oxygens (including phenoxy) is 1. The lowest BCUT2D eigenvalue weighted by molar-refractivity contribution is -0.169. The van der Waals surface area contributed by atoms with Crippen molar-refractivity contribution >= 4 is 17.8 Å². The Morgan fingerprint density at radius 1 is 1.04 bits per heavy atom. The summed E-state index contributed by atoms with van der Waals surface area (Å²) in [6.07, 6.45) is 1.05. The summed E-state index contributed by atoms with van der Waals surface area (Å²) in [4.78, 5) is 41.7. The predicted molar refractivity (Wildman–Crippen MR) is 91.5 cm³/mol. The summed E-state index contributed by atoms with van der Waals surface area (Å²) in [6, 6.07) is 14.2. The van der Waals surface area contributed by atoms with Gasteiger partial charge in [0.2, 0.25) is 0 Å². The first kappa shape index (κ1) is 16.3. The molecule has 0 radical (unpaired) electrons. The number of hydrogen-bond acceptors (Lipinski definition) is 5. The number of hydrogen-bond donors (Lipinski definition) is 0. The first-order chi connectivity index (χ1) is 12.6. The van der Waals surface area contributed by atoms with Crippen LogP contribution in [0.2, 0.25) is 0 Å². The molecule has 2 amide bonds. The van der Waals surface area contributed by atoms with Gasteiger partial charge in [-0.15, -0.1) is 0 Å². The maximum absolute atomic E-state index is 12.2. The van der Waals surface area contributed by atoms with Crippen LogP contribution in [0.5, 0.6) is 5.75 Å². The summed E-state index contributed by atoms with van der Waals surface area (Å²) in [5, 5.41) is 0.567. The van der Waals surface area contributed by atoms with Gasteiger partial charge in [-0.05, 0) is 48.1 Å². The third-order valence-corrected chi connectivity index (χ3v) is 4.85. The van der Waals surface area contributed by atoms with Crippen LogP contribution in [0.15, 0.2) is 48.5 Å². The van der Waals surface area contributed by atoms with Crippen LogP contribution in [0.1, 0.15) is 45.0 Å². The van der Waals surface area contributed by atoms with E-state index in [1.807, 2.05) is 24.3 Å². The van der Waals surface area contributed by atoms with Crippen LogP contribution < -0.4 is 4.74 Å². The van der Waals surface area contributed by atoms with E-state index >= 15 is 0 Å². The van der Waals surface area contributed by atoms with E-state index in [1.165, 1.54) is 0 Å². The Kier molecular flexibility index (Phi) is 3.95. The number of carbonyl (C=O) groups excluding carboxylic acids is 3. The number of nitrogens with zero attached hydrogens (tertiary/aromatic N) is 1. The van der Waals surface area contributed by atoms with Crippen LogP contribution >= 0.6 is 0 Å². The van der Waals surface area contributed by atoms with Crippen LogP contribution in [0.3, 0.4) is 0 Å². The predicted octanol–water partition coefficient (Wildman–Crippen LogP) is 2.94. The third kappa shape index (κ3) is 2.83. The highest BCUT2D eigenvalue weighted by atomic mass is 16.7. The Labute approximate surface area is 150 Å². The zero-order chi connectivity index (χ0) is 18.3. The molecule has 2 aromatic carbocycles. The molecule has 0 aromatic heterocycles. The molecule has 2 atom stereocenters. The van der Waals surface area contributed by atoms with Crippen molar-refractivity contribution in [3.05, 3.63) is 65.2 Å². The van der Waals surface area contributed by atoms with Crippen molar-refractivity contribution in [2.75, 3.05) is 7.11 Å². The number of benzene rings is 2. The van der Waals surface area contributed by atoms with Gasteiger partial charge in [0.1, 0.15) is 5.75 Å². The Bertz CT molecular complexity index is 854. The molecular formula is C20H17NO5. The fourth-order valence-electron chi connectivity index (χ4n) is 3.34. The standard InChI is InChI=1S/C20H17NO5/c1-25-14-8-6-12(7-9-14)17-10-13(17)11-18(22)26-21-19(23)15-4-2-3-5-16(15)20(21)24/h2-9,13,17H,10-11H2,1H3/t13-,17-/m0/s1. The van der Waals surface area contributed by atoms with Gasteiger partial charge < -0.3 is 9.57 Å². The summed E-state index contributed by atoms with van der Waals surface area (Å²) in [7, 11) is 1.62. The second-order valence-electron chi connectivity index (χ2n) is 6.49. The highest BCUT2D eigenvalue weighted by Gasteiger charge is 2.43. The van der Waals surface area contributed by atoms with Crippen molar-refractivity contribution in [3.63, 3.8) is 0 Å². The summed E-state index contributed by atoms with van der Waals surface area (Å²) in [6.45, 7) is 0. The molecule has 1 saturated carbocycles. The van der Waals surface area contributed by atoms with Gasteiger partial charge >= 0.3 is 5.97 Å². The van der Waals surface area contributed by atoms with E-state index in [4.69, 9.17) is 9.57 Å². The molecule has 2 aliphatic rings. The van der Waals surface area contributed by atoms with Crippen LogP contribution in [0.25, 0.3) is 0 Å². The van der Waals surface area contributed by atoms with Crippen molar-refractivity contribution in [1.29, 1.82) is 0 Å². The van der Waals surface area contributed by atoms with Gasteiger partial charge in [0.05, 0.1) is 24.7 Å². The average Bonchev–Trinajstić information content (AvgIpc) is 3.39. The Balaban J connectivity index is 1.35. The van der Waals surface area contributed by atoms with Gasteiger partial charge in [-0.1, -0.05) is 29.3 Å². The number of methoxy groups -OCH3 is 1. The zero-order valence-corrected chi connectivity index (χ0v) is 14.2. The van der Waals surface area contributed by atoms with Gasteiger partial charge in [-0.25, -0.2) is 4.79 Å². The van der Waals surface area contributed by atoms with E-state index in [9.17, 15) is 14.4 Å². The molecule has 0 spiro atoms. The number of hydroxylamine groups is 2. The molecule has 0 bridgehead atoms. The monoisotopic (exact) mass is 351 g/mol. The summed E-state index contributed by atoms with van der Waals surface area (Å²) in [5.74, 6) is -0.527. The van der Waals surface area contributed by atoms with Gasteiger partial charge in [-0.2, -0.15) is 0 Å². The largest absolute Gasteiger partial charge is 0.497 e. The van der Waals surface area contributed by atoms with E-state index in [1.54, 1.807) is 31.4 Å². The van der Waals surface area contributed by atoms with Crippen LogP contribution in [0.4, 0.5) is 0 Å². The molecule has 4 rings (SSSR count). The molecule has 6 heteroatoms. The smallest absolute Gasteiger partial charge is 0.333 e. The third-order valence-electron chi connectivity index (χ3n) is 4.85. The van der Waals surface area contributed by atoms with E-state index in [0.29, 0.717) is 5.06 Å². The number of carbonyl (C=O) groups is 3. The SMILES string of the molecule is COc1ccc([C@@H]2C[C@H]2CC(=O)ON2C(=O)c3ccccc3C2=O)cc1. The number of fused-ring (bicyclic) bond motifs is 1. The van der Waals surface area contributed by atoms with Crippen molar-refractivity contribution in [1.82, 2.24) is 5.06 Å². The number of amides is 2. The van der Waals surface area contributed by atoms with Crippen molar-refractivity contribution < 1.29 is 24.0 Å². The summed E-state index contributed by atoms with van der Waals surface area (Å²) < 4.78 is 5.14. The molecule has 1 aliphatic carbocycles. The minimum absolute atomic E-state index is 0.158. The number of rotatable bonds is 5. The van der Waals surface area contributed by atoms with Crippen LogP contribution in [-0.4, -0.2) is 30.0 Å². The molecule has 1 aliphatic heterocycles. The van der Waals surface area contributed by atoms with E-state index < -0.39 is 17.8 Å². The van der Waals surface area contributed by atoms with Gasteiger partial charge in [0, 0.05) is 0 Å². The lowest BCUT2D eigenvalue weighted by Gasteiger charge is -2.12. The first-order valence-corrected chi connectivity index (χ1v) is 8.41. The quantitative estimate of drug-likeness (QED) is 0.775. The van der Waals surface area contributed by atoms with E-state index in [0.717, 1.165) is 17.7 Å². The second-order valence-corrected chi connectivity index (χ2v) is 6.49. The van der Waals surface area contributed by atoms with Gasteiger partial charge in [0.15, 0.2) is 0 Å². The zero-order valence-electron chi connectivity index (χ0n) is 14.2. The minimum atomic E-state index is -0.596. The lowest BCUT2D eigenvalue weighted by atomic mass is 10.1. The molecule has 6 nitrogen and oxygen atoms in total. The molecule has 2 aromatic rings. The lowest BCUT2D eigenvalue weighted by Crippen LogP contribution is -2.32. The van der Waals surface area contributed by atoms with Crippen molar-refractivity contribution in [3.8, 4) is 5.75 Å². The van der Waals surface area contributed by atoms with Gasteiger partial charge in [0.25, 0.3) is 11.8 Å². The summed E-state index contributed by atoms with van der Waals surface area (Å²) in [5.41, 5.74) is 1.66. The fraction of sp³-hybridized carbons (Fsp3) is 0.250. The fourth-order valence-corrected chi connectivity index (χ4v) is 3.34. The maximum Gasteiger partial charge on any atom is 0.333 e. The molecule has 0 unspecified atom stereocenters. The Hall–Kier alpha value is -3.15. The average molecular weight is 351 g/mol. The molecular weight excluding hydrogens is 334 g/mol. The highest BCUT2D eigenvalue weighted by Crippen LogP contribution is 2.50. The second kappa shape index (κ2) is 6.29. The molecule has 0 N–H and O–H groups in total. The normalized spacial score (nSPS) is 20.7. The molecule has 26 heavy (non-hydrogen) atoms. The van der Waals surface area contributed by atoms with Crippen molar-refractivity contribution in [2.45, 2.75) is 18.8 Å². The molecule has 0 saturated heterocycles. The molecule has 1 fully saturated rings. The molecule has 1 heterocycles. The Morgan fingerprint density at radius 3 is 2.23 bits per heavy atom. The first-order valence-electron chi connectivity index (χ1n) is 8.41. The topological polar surface area (TPSA) is 72.9 Å². The van der Waals surface area contributed by atoms with E-state index in [2.05, 4.69) is 0 Å².